The molecule has 21 heavy (non-hydrogen) atoms. The third kappa shape index (κ3) is 5.30. The number of benzene rings is 1. The molecule has 0 saturated heterocycles. The van der Waals surface area contributed by atoms with Crippen molar-refractivity contribution in [3.63, 3.8) is 0 Å². The standard InChI is InChI=1S/C9H17N3.C7H6O2/c1-9(2,3)7-6-8(10-4)12(5)11-7;8-6-9-7-4-2-1-3-5-7/h6,10H,1-5H3;1-6H. The summed E-state index contributed by atoms with van der Waals surface area (Å²) in [6.45, 7) is 6.90. The average Bonchev–Trinajstić information content (AvgIpc) is 2.82. The molecule has 0 unspecified atom stereocenters. The van der Waals surface area contributed by atoms with Crippen LogP contribution in [-0.4, -0.2) is 23.3 Å². The van der Waals surface area contributed by atoms with Gasteiger partial charge in [-0.2, -0.15) is 5.10 Å². The summed E-state index contributed by atoms with van der Waals surface area (Å²) in [6, 6.07) is 11.0. The molecule has 114 valence electrons. The molecule has 5 nitrogen and oxygen atoms in total. The molecule has 0 aliphatic carbocycles. The Balaban J connectivity index is 0.000000219. The first-order valence-corrected chi connectivity index (χ1v) is 6.76. The van der Waals surface area contributed by atoms with E-state index >= 15 is 0 Å². The minimum atomic E-state index is 0.132. The zero-order valence-electron chi connectivity index (χ0n) is 13.3. The van der Waals surface area contributed by atoms with Crippen LogP contribution >= 0.6 is 0 Å². The Labute approximate surface area is 125 Å². The van der Waals surface area contributed by atoms with Crippen molar-refractivity contribution in [1.82, 2.24) is 9.78 Å². The monoisotopic (exact) mass is 289 g/mol. The molecule has 2 rings (SSSR count). The Kier molecular flexibility index (Phi) is 5.96. The summed E-state index contributed by atoms with van der Waals surface area (Å²) in [5, 5.41) is 7.50. The van der Waals surface area contributed by atoms with Crippen molar-refractivity contribution in [1.29, 1.82) is 0 Å². The van der Waals surface area contributed by atoms with E-state index in [1.807, 2.05) is 24.8 Å². The average molecular weight is 289 g/mol. The zero-order chi connectivity index (χ0) is 15.9. The lowest BCUT2D eigenvalue weighted by Crippen LogP contribution is -2.12. The molecule has 0 spiro atoms. The number of aromatic nitrogens is 2. The second-order valence-corrected chi connectivity index (χ2v) is 5.57. The van der Waals surface area contributed by atoms with Crippen molar-refractivity contribution in [3.05, 3.63) is 42.1 Å². The van der Waals surface area contributed by atoms with Crippen LogP contribution < -0.4 is 10.1 Å². The Hall–Kier alpha value is -2.30. The summed E-state index contributed by atoms with van der Waals surface area (Å²) in [7, 11) is 3.85. The van der Waals surface area contributed by atoms with Gasteiger partial charge in [-0.3, -0.25) is 9.48 Å². The molecule has 5 heteroatoms. The van der Waals surface area contributed by atoms with Gasteiger partial charge in [0, 0.05) is 25.6 Å². The molecular formula is C16H23N3O2. The molecule has 0 atom stereocenters. The molecule has 0 aliphatic heterocycles. The molecule has 0 aliphatic rings. The van der Waals surface area contributed by atoms with Crippen molar-refractivity contribution >= 4 is 12.3 Å². The SMILES string of the molecule is CNc1cc(C(C)(C)C)nn1C.O=COc1ccccc1. The number of anilines is 1. The lowest BCUT2D eigenvalue weighted by molar-refractivity contribution is -0.120. The van der Waals surface area contributed by atoms with E-state index in [-0.39, 0.29) is 5.41 Å². The van der Waals surface area contributed by atoms with E-state index in [1.165, 1.54) is 0 Å². The van der Waals surface area contributed by atoms with E-state index in [9.17, 15) is 4.79 Å². The van der Waals surface area contributed by atoms with Gasteiger partial charge in [0.1, 0.15) is 11.6 Å². The Morgan fingerprint density at radius 3 is 2.24 bits per heavy atom. The first-order valence-electron chi connectivity index (χ1n) is 6.76. The van der Waals surface area contributed by atoms with Gasteiger partial charge in [0.05, 0.1) is 5.69 Å². The highest BCUT2D eigenvalue weighted by molar-refractivity contribution is 5.44. The van der Waals surface area contributed by atoms with Crippen molar-refractivity contribution in [3.8, 4) is 5.75 Å². The lowest BCUT2D eigenvalue weighted by Gasteiger charge is -2.13. The molecule has 1 heterocycles. The Morgan fingerprint density at radius 2 is 1.86 bits per heavy atom. The van der Waals surface area contributed by atoms with Crippen LogP contribution in [-0.2, 0) is 17.3 Å². The number of nitrogens with one attached hydrogen (secondary N) is 1. The highest BCUT2D eigenvalue weighted by Crippen LogP contribution is 2.22. The molecule has 1 aromatic heterocycles. The number of nitrogens with zero attached hydrogens (tertiary/aromatic N) is 2. The summed E-state index contributed by atoms with van der Waals surface area (Å²) in [5.41, 5.74) is 1.25. The first-order chi connectivity index (χ1) is 9.88. The molecule has 0 bridgehead atoms. The third-order valence-electron chi connectivity index (χ3n) is 2.83. The molecule has 2 aromatic rings. The summed E-state index contributed by atoms with van der Waals surface area (Å²) in [4.78, 5) is 9.75. The van der Waals surface area contributed by atoms with E-state index in [2.05, 4.69) is 42.0 Å². The van der Waals surface area contributed by atoms with Crippen LogP contribution in [0.4, 0.5) is 5.82 Å². The predicted molar refractivity (Wildman–Crippen MR) is 84.6 cm³/mol. The van der Waals surface area contributed by atoms with Crippen LogP contribution in [0, 0.1) is 0 Å². The maximum Gasteiger partial charge on any atom is 0.298 e. The van der Waals surface area contributed by atoms with Crippen LogP contribution in [0.2, 0.25) is 0 Å². The fourth-order valence-corrected chi connectivity index (χ4v) is 1.62. The topological polar surface area (TPSA) is 56.2 Å². The normalized spacial score (nSPS) is 10.3. The maximum atomic E-state index is 9.75. The van der Waals surface area contributed by atoms with E-state index < -0.39 is 0 Å². The molecule has 0 radical (unpaired) electrons. The largest absolute Gasteiger partial charge is 0.429 e. The minimum Gasteiger partial charge on any atom is -0.429 e. The van der Waals surface area contributed by atoms with Gasteiger partial charge in [-0.25, -0.2) is 0 Å². The number of carbonyl (C=O) groups excluding carboxylic acids is 1. The fourth-order valence-electron chi connectivity index (χ4n) is 1.62. The molecule has 1 N–H and O–H groups in total. The number of carbonyl (C=O) groups is 1. The zero-order valence-corrected chi connectivity index (χ0v) is 13.3. The number of para-hydroxylation sites is 1. The molecule has 0 saturated carbocycles. The van der Waals surface area contributed by atoms with Crippen molar-refractivity contribution < 1.29 is 9.53 Å². The van der Waals surface area contributed by atoms with Gasteiger partial charge in [-0.05, 0) is 12.1 Å². The van der Waals surface area contributed by atoms with Crippen LogP contribution in [0.1, 0.15) is 26.5 Å². The third-order valence-corrected chi connectivity index (χ3v) is 2.83. The van der Waals surface area contributed by atoms with Gasteiger partial charge < -0.3 is 10.1 Å². The molecule has 0 amide bonds. The Bertz CT molecular complexity index is 557. The second kappa shape index (κ2) is 7.47. The maximum absolute atomic E-state index is 9.75. The summed E-state index contributed by atoms with van der Waals surface area (Å²) >= 11 is 0. The number of aryl methyl sites for hydroxylation is 1. The number of hydrogen-bond donors (Lipinski definition) is 1. The summed E-state index contributed by atoms with van der Waals surface area (Å²) in [6.07, 6.45) is 0. The highest BCUT2D eigenvalue weighted by atomic mass is 16.5. The van der Waals surface area contributed by atoms with Crippen molar-refractivity contribution in [2.45, 2.75) is 26.2 Å². The molecule has 1 aromatic carbocycles. The van der Waals surface area contributed by atoms with Gasteiger partial charge in [-0.15, -0.1) is 0 Å². The molecular weight excluding hydrogens is 266 g/mol. The number of rotatable bonds is 3. The summed E-state index contributed by atoms with van der Waals surface area (Å²) in [5.74, 6) is 1.63. The van der Waals surface area contributed by atoms with Gasteiger partial charge in [-0.1, -0.05) is 39.0 Å². The van der Waals surface area contributed by atoms with Gasteiger partial charge in [0.25, 0.3) is 6.47 Å². The minimum absolute atomic E-state index is 0.132. The smallest absolute Gasteiger partial charge is 0.298 e. The predicted octanol–water partition coefficient (Wildman–Crippen LogP) is 2.98. The van der Waals surface area contributed by atoms with Crippen molar-refractivity contribution in [2.24, 2.45) is 7.05 Å². The van der Waals surface area contributed by atoms with E-state index in [1.54, 1.807) is 24.3 Å². The van der Waals surface area contributed by atoms with E-state index in [4.69, 9.17) is 0 Å². The highest BCUT2D eigenvalue weighted by Gasteiger charge is 2.18. The first kappa shape index (κ1) is 16.8. The van der Waals surface area contributed by atoms with E-state index in [0.29, 0.717) is 12.2 Å². The fraction of sp³-hybridized carbons (Fsp3) is 0.375. The molecule has 0 fully saturated rings. The summed E-state index contributed by atoms with van der Waals surface area (Å²) < 4.78 is 6.39. The van der Waals surface area contributed by atoms with Crippen LogP contribution in [0.3, 0.4) is 0 Å². The quantitative estimate of drug-likeness (QED) is 0.883. The van der Waals surface area contributed by atoms with Crippen molar-refractivity contribution in [2.75, 3.05) is 12.4 Å². The number of ether oxygens (including phenoxy) is 1. The lowest BCUT2D eigenvalue weighted by atomic mass is 9.92. The van der Waals surface area contributed by atoms with E-state index in [0.717, 1.165) is 11.5 Å². The van der Waals surface area contributed by atoms with Gasteiger partial charge in [0.15, 0.2) is 0 Å². The second-order valence-electron chi connectivity index (χ2n) is 5.57. The van der Waals surface area contributed by atoms with Gasteiger partial charge in [0.2, 0.25) is 0 Å². The van der Waals surface area contributed by atoms with Crippen LogP contribution in [0.15, 0.2) is 36.4 Å². The van der Waals surface area contributed by atoms with Gasteiger partial charge >= 0.3 is 0 Å². The van der Waals surface area contributed by atoms with Crippen LogP contribution in [0.5, 0.6) is 5.75 Å². The Morgan fingerprint density at radius 1 is 1.24 bits per heavy atom. The van der Waals surface area contributed by atoms with Crippen LogP contribution in [0.25, 0.3) is 0 Å². The number of hydrogen-bond acceptors (Lipinski definition) is 4.